The molecule has 1 fully saturated rings. The molecule has 1 unspecified atom stereocenters. The smallest absolute Gasteiger partial charge is 0.0436 e. The monoisotopic (exact) mass is 241 g/mol. The molecule has 0 saturated carbocycles. The molecule has 1 atom stereocenters. The Balaban J connectivity index is 1.74. The number of rotatable bonds is 3. The van der Waals surface area contributed by atoms with Crippen LogP contribution in [0.3, 0.4) is 0 Å². The van der Waals surface area contributed by atoms with Gasteiger partial charge in [0.05, 0.1) is 0 Å². The molecule has 1 aliphatic rings. The van der Waals surface area contributed by atoms with E-state index in [4.69, 9.17) is 0 Å². The third-order valence-electron chi connectivity index (χ3n) is 3.63. The molecule has 1 saturated heterocycles. The van der Waals surface area contributed by atoms with E-state index in [1.54, 1.807) is 0 Å². The Morgan fingerprint density at radius 2 is 2.28 bits per heavy atom. The summed E-state index contributed by atoms with van der Waals surface area (Å²) < 4.78 is 0. The Kier molecular flexibility index (Phi) is 3.42. The Hall–Kier alpha value is -1.61. The normalized spacial score (nSPS) is 19.9. The van der Waals surface area contributed by atoms with Crippen LogP contribution in [0.4, 0.5) is 5.69 Å². The third kappa shape index (κ3) is 2.46. The van der Waals surface area contributed by atoms with Crippen molar-refractivity contribution in [3.63, 3.8) is 0 Å². The molecule has 3 rings (SSSR count). The first-order chi connectivity index (χ1) is 8.93. The topological polar surface area (TPSA) is 37.0 Å². The molecule has 1 aromatic heterocycles. The van der Waals surface area contributed by atoms with E-state index in [0.29, 0.717) is 6.04 Å². The molecule has 2 N–H and O–H groups in total. The lowest BCUT2D eigenvalue weighted by Gasteiger charge is -2.24. The molecule has 0 radical (unpaired) electrons. The van der Waals surface area contributed by atoms with Crippen LogP contribution in [0.2, 0.25) is 0 Å². The van der Waals surface area contributed by atoms with Crippen LogP contribution >= 0.6 is 0 Å². The summed E-state index contributed by atoms with van der Waals surface area (Å²) in [6.45, 7) is 2.15. The maximum Gasteiger partial charge on any atom is 0.0436 e. The molecule has 18 heavy (non-hydrogen) atoms. The third-order valence-corrected chi connectivity index (χ3v) is 3.63. The summed E-state index contributed by atoms with van der Waals surface area (Å²) in [5, 5.41) is 9.56. The number of hydrogen-bond donors (Lipinski definition) is 2. The Labute approximate surface area is 108 Å². The maximum absolute atomic E-state index is 4.21. The SMILES string of the molecule is c1cc(NCC2CCCCN2)c2cnccc2c1. The van der Waals surface area contributed by atoms with Crippen molar-refractivity contribution < 1.29 is 0 Å². The van der Waals surface area contributed by atoms with E-state index >= 15 is 0 Å². The summed E-state index contributed by atoms with van der Waals surface area (Å²) in [7, 11) is 0. The molecule has 0 amide bonds. The van der Waals surface area contributed by atoms with Crippen LogP contribution in [0.15, 0.2) is 36.7 Å². The van der Waals surface area contributed by atoms with E-state index in [0.717, 1.165) is 13.1 Å². The summed E-state index contributed by atoms with van der Waals surface area (Å²) >= 11 is 0. The van der Waals surface area contributed by atoms with Gasteiger partial charge in [0.25, 0.3) is 0 Å². The highest BCUT2D eigenvalue weighted by Gasteiger charge is 2.12. The van der Waals surface area contributed by atoms with E-state index in [1.807, 2.05) is 12.4 Å². The van der Waals surface area contributed by atoms with E-state index in [9.17, 15) is 0 Å². The van der Waals surface area contributed by atoms with Crippen LogP contribution < -0.4 is 10.6 Å². The highest BCUT2D eigenvalue weighted by atomic mass is 15.0. The maximum atomic E-state index is 4.21. The van der Waals surface area contributed by atoms with Gasteiger partial charge in [0, 0.05) is 36.1 Å². The second-order valence-electron chi connectivity index (χ2n) is 4.93. The van der Waals surface area contributed by atoms with Gasteiger partial charge in [-0.05, 0) is 36.9 Å². The van der Waals surface area contributed by atoms with Gasteiger partial charge in [-0.1, -0.05) is 18.6 Å². The number of anilines is 1. The molecular formula is C15H19N3. The number of nitrogens with one attached hydrogen (secondary N) is 2. The Bertz CT molecular complexity index is 513. The molecule has 3 nitrogen and oxygen atoms in total. The number of piperidine rings is 1. The molecule has 0 spiro atoms. The van der Waals surface area contributed by atoms with Crippen molar-refractivity contribution in [2.45, 2.75) is 25.3 Å². The number of fused-ring (bicyclic) bond motifs is 1. The Morgan fingerprint density at radius 3 is 3.17 bits per heavy atom. The number of nitrogens with zero attached hydrogens (tertiary/aromatic N) is 1. The molecule has 94 valence electrons. The number of benzene rings is 1. The van der Waals surface area contributed by atoms with Gasteiger partial charge in [-0.2, -0.15) is 0 Å². The van der Waals surface area contributed by atoms with Gasteiger partial charge in [-0.25, -0.2) is 0 Å². The van der Waals surface area contributed by atoms with Crippen molar-refractivity contribution in [1.82, 2.24) is 10.3 Å². The summed E-state index contributed by atoms with van der Waals surface area (Å²) in [6, 6.07) is 9.01. The van der Waals surface area contributed by atoms with Crippen LogP contribution in [0.5, 0.6) is 0 Å². The number of pyridine rings is 1. The first kappa shape index (κ1) is 11.5. The van der Waals surface area contributed by atoms with Crippen molar-refractivity contribution in [2.75, 3.05) is 18.4 Å². The zero-order valence-corrected chi connectivity index (χ0v) is 10.5. The van der Waals surface area contributed by atoms with E-state index < -0.39 is 0 Å². The highest BCUT2D eigenvalue weighted by molar-refractivity contribution is 5.93. The zero-order valence-electron chi connectivity index (χ0n) is 10.5. The van der Waals surface area contributed by atoms with Gasteiger partial charge in [0.1, 0.15) is 0 Å². The van der Waals surface area contributed by atoms with Crippen LogP contribution in [-0.4, -0.2) is 24.1 Å². The standard InChI is InChI=1S/C15H19N3/c1-2-8-17-13(5-1)10-18-15-6-3-4-12-7-9-16-11-14(12)15/h3-4,6-7,9,11,13,17-18H,1-2,5,8,10H2. The van der Waals surface area contributed by atoms with Crippen LogP contribution in [0, 0.1) is 0 Å². The first-order valence-corrected chi connectivity index (χ1v) is 6.73. The molecule has 1 aliphatic heterocycles. The van der Waals surface area contributed by atoms with Crippen molar-refractivity contribution in [1.29, 1.82) is 0 Å². The van der Waals surface area contributed by atoms with Crippen molar-refractivity contribution in [3.8, 4) is 0 Å². The van der Waals surface area contributed by atoms with Gasteiger partial charge >= 0.3 is 0 Å². The number of aromatic nitrogens is 1. The molecular weight excluding hydrogens is 222 g/mol. The summed E-state index contributed by atoms with van der Waals surface area (Å²) in [5.74, 6) is 0. The lowest BCUT2D eigenvalue weighted by atomic mass is 10.0. The van der Waals surface area contributed by atoms with E-state index in [1.165, 1.54) is 35.7 Å². The van der Waals surface area contributed by atoms with Crippen LogP contribution in [0.1, 0.15) is 19.3 Å². The Morgan fingerprint density at radius 1 is 1.28 bits per heavy atom. The van der Waals surface area contributed by atoms with Gasteiger partial charge in [0.15, 0.2) is 0 Å². The van der Waals surface area contributed by atoms with Gasteiger partial charge in [-0.3, -0.25) is 4.98 Å². The molecule has 3 heteroatoms. The van der Waals surface area contributed by atoms with Crippen LogP contribution in [-0.2, 0) is 0 Å². The molecule has 2 heterocycles. The van der Waals surface area contributed by atoms with Crippen molar-refractivity contribution in [3.05, 3.63) is 36.7 Å². The largest absolute Gasteiger partial charge is 0.383 e. The quantitative estimate of drug-likeness (QED) is 0.867. The minimum atomic E-state index is 0.602. The summed E-state index contributed by atoms with van der Waals surface area (Å²) in [4.78, 5) is 4.21. The summed E-state index contributed by atoms with van der Waals surface area (Å²) in [6.07, 6.45) is 7.71. The molecule has 0 bridgehead atoms. The fraction of sp³-hybridized carbons (Fsp3) is 0.400. The molecule has 0 aliphatic carbocycles. The second kappa shape index (κ2) is 5.36. The predicted molar refractivity (Wildman–Crippen MR) is 75.9 cm³/mol. The fourth-order valence-electron chi connectivity index (χ4n) is 2.60. The predicted octanol–water partition coefficient (Wildman–Crippen LogP) is 2.79. The number of hydrogen-bond acceptors (Lipinski definition) is 3. The van der Waals surface area contributed by atoms with Crippen molar-refractivity contribution in [2.24, 2.45) is 0 Å². The lowest BCUT2D eigenvalue weighted by molar-refractivity contribution is 0.414. The zero-order chi connectivity index (χ0) is 12.2. The molecule has 2 aromatic rings. The first-order valence-electron chi connectivity index (χ1n) is 6.73. The van der Waals surface area contributed by atoms with E-state index in [-0.39, 0.29) is 0 Å². The fourth-order valence-corrected chi connectivity index (χ4v) is 2.60. The second-order valence-corrected chi connectivity index (χ2v) is 4.93. The van der Waals surface area contributed by atoms with Gasteiger partial charge in [0.2, 0.25) is 0 Å². The lowest BCUT2D eigenvalue weighted by Crippen LogP contribution is -2.39. The van der Waals surface area contributed by atoms with E-state index in [2.05, 4.69) is 39.9 Å². The average Bonchev–Trinajstić information content (AvgIpc) is 2.46. The van der Waals surface area contributed by atoms with Gasteiger partial charge < -0.3 is 10.6 Å². The van der Waals surface area contributed by atoms with Crippen LogP contribution in [0.25, 0.3) is 10.8 Å². The molecule has 1 aromatic carbocycles. The minimum absolute atomic E-state index is 0.602. The summed E-state index contributed by atoms with van der Waals surface area (Å²) in [5.41, 5.74) is 1.19. The highest BCUT2D eigenvalue weighted by Crippen LogP contribution is 2.22. The van der Waals surface area contributed by atoms with Crippen molar-refractivity contribution >= 4 is 16.5 Å². The average molecular weight is 241 g/mol. The minimum Gasteiger partial charge on any atom is -0.383 e. The van der Waals surface area contributed by atoms with Gasteiger partial charge in [-0.15, -0.1) is 0 Å².